The fourth-order valence-corrected chi connectivity index (χ4v) is 1.00. The highest BCUT2D eigenvalue weighted by Crippen LogP contribution is 1.88. The van der Waals surface area contributed by atoms with Crippen LogP contribution in [-0.4, -0.2) is 48.7 Å². The molecular formula is C9H16N2O5. The molecule has 0 bridgehead atoms. The van der Waals surface area contributed by atoms with Gasteiger partial charge in [0.15, 0.2) is 0 Å². The summed E-state index contributed by atoms with van der Waals surface area (Å²) in [6, 6.07) is -1.69. The first-order valence-electron chi connectivity index (χ1n) is 4.69. The lowest BCUT2D eigenvalue weighted by molar-refractivity contribution is -0.144. The summed E-state index contributed by atoms with van der Waals surface area (Å²) in [4.78, 5) is 32.4. The van der Waals surface area contributed by atoms with Crippen LogP contribution in [0.2, 0.25) is 0 Å². The van der Waals surface area contributed by atoms with E-state index in [9.17, 15) is 14.4 Å². The number of amides is 1. The van der Waals surface area contributed by atoms with Crippen LogP contribution in [0.15, 0.2) is 0 Å². The topological polar surface area (TPSA) is 105 Å². The van der Waals surface area contributed by atoms with Crippen molar-refractivity contribution in [3.05, 3.63) is 0 Å². The van der Waals surface area contributed by atoms with Gasteiger partial charge in [0, 0.05) is 13.5 Å². The molecule has 0 aliphatic carbocycles. The van der Waals surface area contributed by atoms with E-state index in [0.717, 1.165) is 0 Å². The first-order chi connectivity index (χ1) is 7.38. The Labute approximate surface area is 93.2 Å². The maximum atomic E-state index is 11.0. The van der Waals surface area contributed by atoms with Gasteiger partial charge in [0.1, 0.15) is 12.1 Å². The standard InChI is InChI=1S/C9H16N2O5/c1-5(9(15)16-3)10-4-7(8(13)14)11-6(2)12/h5,7,10H,4H2,1-3H3,(H,11,12)(H,13,14). The predicted molar refractivity (Wildman–Crippen MR) is 54.7 cm³/mol. The van der Waals surface area contributed by atoms with Gasteiger partial charge in [-0.05, 0) is 6.92 Å². The van der Waals surface area contributed by atoms with E-state index >= 15 is 0 Å². The quantitative estimate of drug-likeness (QED) is 0.493. The van der Waals surface area contributed by atoms with Crippen LogP contribution in [0.1, 0.15) is 13.8 Å². The molecule has 0 aromatic rings. The van der Waals surface area contributed by atoms with Crippen molar-refractivity contribution in [2.45, 2.75) is 25.9 Å². The van der Waals surface area contributed by atoms with Gasteiger partial charge in [0.2, 0.25) is 5.91 Å². The second-order valence-electron chi connectivity index (χ2n) is 3.24. The molecule has 3 N–H and O–H groups in total. The molecule has 92 valence electrons. The number of aliphatic carboxylic acids is 1. The van der Waals surface area contributed by atoms with Crippen molar-refractivity contribution >= 4 is 17.8 Å². The zero-order valence-electron chi connectivity index (χ0n) is 9.44. The van der Waals surface area contributed by atoms with E-state index in [1.807, 2.05) is 0 Å². The molecule has 1 amide bonds. The minimum atomic E-state index is -1.17. The monoisotopic (exact) mass is 232 g/mol. The molecule has 0 heterocycles. The Morgan fingerprint density at radius 2 is 1.94 bits per heavy atom. The fraction of sp³-hybridized carbons (Fsp3) is 0.667. The Hall–Kier alpha value is -1.63. The SMILES string of the molecule is COC(=O)C(C)NCC(NC(C)=O)C(=O)O. The molecule has 0 fully saturated rings. The summed E-state index contributed by atoms with van der Waals surface area (Å²) in [6.45, 7) is 2.71. The van der Waals surface area contributed by atoms with Crippen molar-refractivity contribution in [3.63, 3.8) is 0 Å². The van der Waals surface area contributed by atoms with E-state index < -0.39 is 29.9 Å². The molecule has 7 heteroatoms. The lowest BCUT2D eigenvalue weighted by Crippen LogP contribution is -2.49. The number of ether oxygens (including phenoxy) is 1. The number of methoxy groups -OCH3 is 1. The Bertz CT molecular complexity index is 279. The molecular weight excluding hydrogens is 216 g/mol. The van der Waals surface area contributed by atoms with E-state index in [4.69, 9.17) is 5.11 Å². The van der Waals surface area contributed by atoms with E-state index in [-0.39, 0.29) is 6.54 Å². The van der Waals surface area contributed by atoms with E-state index in [2.05, 4.69) is 15.4 Å². The number of hydrogen-bond acceptors (Lipinski definition) is 5. The molecule has 2 atom stereocenters. The van der Waals surface area contributed by atoms with Crippen LogP contribution in [0.5, 0.6) is 0 Å². The van der Waals surface area contributed by atoms with Gasteiger partial charge in [-0.2, -0.15) is 0 Å². The predicted octanol–water partition coefficient (Wildman–Crippen LogP) is -1.27. The number of hydrogen-bond donors (Lipinski definition) is 3. The van der Waals surface area contributed by atoms with E-state index in [1.165, 1.54) is 14.0 Å². The summed E-state index contributed by atoms with van der Waals surface area (Å²) in [7, 11) is 1.24. The van der Waals surface area contributed by atoms with Crippen molar-refractivity contribution < 1.29 is 24.2 Å². The molecule has 0 aliphatic heterocycles. The van der Waals surface area contributed by atoms with Crippen LogP contribution >= 0.6 is 0 Å². The molecule has 16 heavy (non-hydrogen) atoms. The molecule has 0 spiro atoms. The van der Waals surface area contributed by atoms with Gasteiger partial charge in [-0.25, -0.2) is 4.79 Å². The molecule has 0 aromatic heterocycles. The molecule has 2 unspecified atom stereocenters. The number of carbonyl (C=O) groups is 3. The Kier molecular flexibility index (Phi) is 6.09. The lowest BCUT2D eigenvalue weighted by Gasteiger charge is -2.16. The summed E-state index contributed by atoms with van der Waals surface area (Å²) in [6.07, 6.45) is 0. The Balaban J connectivity index is 4.16. The minimum Gasteiger partial charge on any atom is -0.480 e. The lowest BCUT2D eigenvalue weighted by atomic mass is 10.2. The molecule has 0 aromatic carbocycles. The molecule has 0 radical (unpaired) electrons. The highest BCUT2D eigenvalue weighted by molar-refractivity contribution is 5.82. The third-order valence-corrected chi connectivity index (χ3v) is 1.86. The van der Waals surface area contributed by atoms with Gasteiger partial charge in [-0.3, -0.25) is 9.59 Å². The fourth-order valence-electron chi connectivity index (χ4n) is 1.00. The average molecular weight is 232 g/mol. The number of carboxylic acids is 1. The number of esters is 1. The van der Waals surface area contributed by atoms with Gasteiger partial charge >= 0.3 is 11.9 Å². The number of nitrogens with one attached hydrogen (secondary N) is 2. The van der Waals surface area contributed by atoms with Crippen LogP contribution in [0.4, 0.5) is 0 Å². The first kappa shape index (κ1) is 14.4. The zero-order valence-corrected chi connectivity index (χ0v) is 9.44. The smallest absolute Gasteiger partial charge is 0.327 e. The van der Waals surface area contributed by atoms with Crippen LogP contribution in [0.25, 0.3) is 0 Å². The summed E-state index contributed by atoms with van der Waals surface area (Å²) in [5, 5.41) is 13.6. The number of carbonyl (C=O) groups excluding carboxylic acids is 2. The van der Waals surface area contributed by atoms with Crippen LogP contribution < -0.4 is 10.6 Å². The number of rotatable bonds is 6. The second kappa shape index (κ2) is 6.78. The van der Waals surface area contributed by atoms with Crippen LogP contribution in [0, 0.1) is 0 Å². The van der Waals surface area contributed by atoms with Gasteiger partial charge in [0.25, 0.3) is 0 Å². The second-order valence-corrected chi connectivity index (χ2v) is 3.24. The molecule has 0 saturated carbocycles. The van der Waals surface area contributed by atoms with Crippen molar-refractivity contribution in [1.82, 2.24) is 10.6 Å². The third kappa shape index (κ3) is 5.30. The summed E-state index contributed by atoms with van der Waals surface area (Å²) in [5.74, 6) is -2.10. The van der Waals surface area contributed by atoms with Gasteiger partial charge in [-0.1, -0.05) is 0 Å². The first-order valence-corrected chi connectivity index (χ1v) is 4.69. The van der Waals surface area contributed by atoms with E-state index in [1.54, 1.807) is 6.92 Å². The van der Waals surface area contributed by atoms with Gasteiger partial charge in [0.05, 0.1) is 7.11 Å². The summed E-state index contributed by atoms with van der Waals surface area (Å²) < 4.78 is 4.45. The van der Waals surface area contributed by atoms with Crippen molar-refractivity contribution in [1.29, 1.82) is 0 Å². The molecule has 7 nitrogen and oxygen atoms in total. The maximum Gasteiger partial charge on any atom is 0.327 e. The summed E-state index contributed by atoms with van der Waals surface area (Å²) >= 11 is 0. The van der Waals surface area contributed by atoms with Gasteiger partial charge < -0.3 is 20.5 Å². The van der Waals surface area contributed by atoms with E-state index in [0.29, 0.717) is 0 Å². The zero-order chi connectivity index (χ0) is 12.7. The van der Waals surface area contributed by atoms with Crippen molar-refractivity contribution in [2.75, 3.05) is 13.7 Å². The third-order valence-electron chi connectivity index (χ3n) is 1.86. The van der Waals surface area contributed by atoms with Crippen LogP contribution in [0.3, 0.4) is 0 Å². The highest BCUT2D eigenvalue weighted by Gasteiger charge is 2.20. The molecule has 0 saturated heterocycles. The number of carboxylic acid groups (broad SMARTS) is 1. The molecule has 0 aliphatic rings. The molecule has 0 rings (SSSR count). The van der Waals surface area contributed by atoms with Gasteiger partial charge in [-0.15, -0.1) is 0 Å². The van der Waals surface area contributed by atoms with Crippen molar-refractivity contribution in [2.24, 2.45) is 0 Å². The largest absolute Gasteiger partial charge is 0.480 e. The maximum absolute atomic E-state index is 11.0. The Morgan fingerprint density at radius 3 is 2.31 bits per heavy atom. The Morgan fingerprint density at radius 1 is 1.38 bits per heavy atom. The van der Waals surface area contributed by atoms with Crippen LogP contribution in [-0.2, 0) is 19.1 Å². The average Bonchev–Trinajstić information content (AvgIpc) is 2.21. The summed E-state index contributed by atoms with van der Waals surface area (Å²) in [5.41, 5.74) is 0. The minimum absolute atomic E-state index is 0.0504. The highest BCUT2D eigenvalue weighted by atomic mass is 16.5. The van der Waals surface area contributed by atoms with Crippen molar-refractivity contribution in [3.8, 4) is 0 Å². The normalized spacial score (nSPS) is 13.7.